The van der Waals surface area contributed by atoms with E-state index in [-0.39, 0.29) is 23.2 Å². The Hall–Kier alpha value is -3.88. The number of hydrogen-bond donors (Lipinski definition) is 0. The number of halogens is 3. The van der Waals surface area contributed by atoms with Crippen LogP contribution in [0.25, 0.3) is 27.5 Å². The fourth-order valence-corrected chi connectivity index (χ4v) is 5.19. The number of nitrogens with zero attached hydrogens (tertiary/aromatic N) is 5. The molecule has 1 amide bonds. The summed E-state index contributed by atoms with van der Waals surface area (Å²) in [7, 11) is 2.01. The van der Waals surface area contributed by atoms with Crippen molar-refractivity contribution >= 4 is 33.4 Å². The van der Waals surface area contributed by atoms with E-state index in [1.165, 1.54) is 6.92 Å². The predicted octanol–water partition coefficient (Wildman–Crippen LogP) is 5.33. The van der Waals surface area contributed by atoms with Crippen LogP contribution in [0.4, 0.5) is 13.2 Å². The summed E-state index contributed by atoms with van der Waals surface area (Å²) < 4.78 is 43.5. The molecule has 1 saturated heterocycles. The summed E-state index contributed by atoms with van der Waals surface area (Å²) in [6.45, 7) is 2.45. The van der Waals surface area contributed by atoms with E-state index >= 15 is 0 Å². The van der Waals surface area contributed by atoms with Crippen LogP contribution in [0.2, 0.25) is 0 Å². The lowest BCUT2D eigenvalue weighted by Gasteiger charge is -2.16. The number of carbonyl (C=O) groups excluding carboxylic acids is 1. The van der Waals surface area contributed by atoms with Crippen molar-refractivity contribution in [2.75, 3.05) is 13.1 Å². The summed E-state index contributed by atoms with van der Waals surface area (Å²) in [5.74, 6) is -0.237. The molecule has 0 radical (unpaired) electrons. The Bertz CT molecular complexity index is 1630. The van der Waals surface area contributed by atoms with Gasteiger partial charge in [0.25, 0.3) is 5.91 Å². The second-order valence-electron chi connectivity index (χ2n) is 9.16. The smallest absolute Gasteiger partial charge is 0.344 e. The van der Waals surface area contributed by atoms with Crippen LogP contribution in [-0.4, -0.2) is 43.1 Å². The number of carbonyl (C=O) groups is 1. The maximum atomic E-state index is 13.5. The minimum absolute atomic E-state index is 0.0870. The van der Waals surface area contributed by atoms with Gasteiger partial charge in [0.05, 0.1) is 5.69 Å². The van der Waals surface area contributed by atoms with Gasteiger partial charge in [-0.3, -0.25) is 4.79 Å². The molecule has 5 aromatic rings. The van der Waals surface area contributed by atoms with Gasteiger partial charge in [-0.15, -0.1) is 0 Å². The zero-order valence-electron chi connectivity index (χ0n) is 19.2. The maximum absolute atomic E-state index is 13.5. The van der Waals surface area contributed by atoms with E-state index < -0.39 is 11.9 Å². The number of aromatic nitrogens is 4. The average Bonchev–Trinajstić information content (AvgIpc) is 3.54. The fraction of sp³-hybridized carbons (Fsp3) is 0.269. The molecule has 0 unspecified atom stereocenters. The van der Waals surface area contributed by atoms with E-state index in [2.05, 4.69) is 20.7 Å². The molecule has 6 rings (SSSR count). The summed E-state index contributed by atoms with van der Waals surface area (Å²) in [6, 6.07) is 16.4. The minimum Gasteiger partial charge on any atom is -0.344 e. The van der Waals surface area contributed by atoms with Crippen molar-refractivity contribution in [3.05, 3.63) is 77.2 Å². The Kier molecular flexibility index (Phi) is 4.67. The first-order valence-corrected chi connectivity index (χ1v) is 11.4. The van der Waals surface area contributed by atoms with Crippen LogP contribution in [0.15, 0.2) is 54.6 Å². The van der Waals surface area contributed by atoms with Crippen LogP contribution in [0, 0.1) is 6.92 Å². The van der Waals surface area contributed by atoms with Gasteiger partial charge in [-0.1, -0.05) is 18.2 Å². The van der Waals surface area contributed by atoms with Gasteiger partial charge in [-0.25, -0.2) is 9.50 Å². The van der Waals surface area contributed by atoms with Crippen LogP contribution in [0.1, 0.15) is 39.8 Å². The highest BCUT2D eigenvalue weighted by Gasteiger charge is 2.36. The highest BCUT2D eigenvalue weighted by molar-refractivity contribution is 6.10. The number of amides is 1. The molecule has 1 aliphatic heterocycles. The normalized spacial score (nSPS) is 16.7. The molecule has 3 aromatic heterocycles. The molecular formula is C26H22F3N5O. The molecule has 9 heteroatoms. The summed E-state index contributed by atoms with van der Waals surface area (Å²) >= 11 is 0. The molecule has 0 aliphatic carbocycles. The Labute approximate surface area is 198 Å². The monoisotopic (exact) mass is 477 g/mol. The molecule has 0 saturated carbocycles. The lowest BCUT2D eigenvalue weighted by Crippen LogP contribution is -2.28. The van der Waals surface area contributed by atoms with E-state index in [0.717, 1.165) is 32.4 Å². The zero-order valence-corrected chi connectivity index (χ0v) is 19.2. The third-order valence-corrected chi connectivity index (χ3v) is 6.92. The Morgan fingerprint density at radius 1 is 1.03 bits per heavy atom. The molecule has 1 aliphatic rings. The molecule has 1 atom stereocenters. The van der Waals surface area contributed by atoms with E-state index in [0.29, 0.717) is 30.8 Å². The SMILES string of the molecule is Cc1cc(C(F)(F)F)n2nc([C@H]3CCN(C(=O)c4ccc5c(c4)c4ccccc4n5C)C3)cc2n1. The molecule has 0 bridgehead atoms. The van der Waals surface area contributed by atoms with Gasteiger partial charge in [0.15, 0.2) is 5.65 Å². The third kappa shape index (κ3) is 3.45. The highest BCUT2D eigenvalue weighted by atomic mass is 19.4. The van der Waals surface area contributed by atoms with Crippen molar-refractivity contribution < 1.29 is 18.0 Å². The predicted molar refractivity (Wildman–Crippen MR) is 126 cm³/mol. The highest BCUT2D eigenvalue weighted by Crippen LogP contribution is 2.33. The van der Waals surface area contributed by atoms with Crippen molar-refractivity contribution in [3.63, 3.8) is 0 Å². The van der Waals surface area contributed by atoms with Crippen LogP contribution >= 0.6 is 0 Å². The molecule has 178 valence electrons. The summed E-state index contributed by atoms with van der Waals surface area (Å²) in [5.41, 5.74) is 2.87. The maximum Gasteiger partial charge on any atom is 0.433 e. The van der Waals surface area contributed by atoms with E-state index in [9.17, 15) is 18.0 Å². The molecule has 2 aromatic carbocycles. The van der Waals surface area contributed by atoms with Crippen molar-refractivity contribution in [1.82, 2.24) is 24.1 Å². The Morgan fingerprint density at radius 2 is 1.80 bits per heavy atom. The first kappa shape index (κ1) is 21.6. The van der Waals surface area contributed by atoms with Crippen molar-refractivity contribution in [2.24, 2.45) is 7.05 Å². The van der Waals surface area contributed by atoms with Gasteiger partial charge in [-0.2, -0.15) is 18.3 Å². The summed E-state index contributed by atoms with van der Waals surface area (Å²) in [5, 5.41) is 6.35. The number of fused-ring (bicyclic) bond motifs is 4. The average molecular weight is 477 g/mol. The van der Waals surface area contributed by atoms with Crippen molar-refractivity contribution in [1.29, 1.82) is 0 Å². The van der Waals surface area contributed by atoms with Gasteiger partial charge in [-0.05, 0) is 43.7 Å². The van der Waals surface area contributed by atoms with E-state index in [4.69, 9.17) is 0 Å². The molecule has 0 N–H and O–H groups in total. The quantitative estimate of drug-likeness (QED) is 0.345. The summed E-state index contributed by atoms with van der Waals surface area (Å²) in [6.07, 6.45) is -3.90. The first-order chi connectivity index (χ1) is 16.7. The molecule has 0 spiro atoms. The van der Waals surface area contributed by atoms with Gasteiger partial charge in [0.1, 0.15) is 5.69 Å². The molecule has 35 heavy (non-hydrogen) atoms. The second-order valence-corrected chi connectivity index (χ2v) is 9.16. The van der Waals surface area contributed by atoms with Crippen LogP contribution < -0.4 is 0 Å². The number of hydrogen-bond acceptors (Lipinski definition) is 3. The number of benzene rings is 2. The van der Waals surface area contributed by atoms with Gasteiger partial charge < -0.3 is 9.47 Å². The largest absolute Gasteiger partial charge is 0.433 e. The zero-order chi connectivity index (χ0) is 24.5. The first-order valence-electron chi connectivity index (χ1n) is 11.4. The van der Waals surface area contributed by atoms with Gasteiger partial charge >= 0.3 is 6.18 Å². The van der Waals surface area contributed by atoms with E-state index in [1.807, 2.05) is 43.4 Å². The molecule has 6 nitrogen and oxygen atoms in total. The van der Waals surface area contributed by atoms with Crippen LogP contribution in [-0.2, 0) is 13.2 Å². The lowest BCUT2D eigenvalue weighted by molar-refractivity contribution is -0.142. The molecule has 4 heterocycles. The van der Waals surface area contributed by atoms with Gasteiger partial charge in [0, 0.05) is 65.2 Å². The van der Waals surface area contributed by atoms with Crippen LogP contribution in [0.3, 0.4) is 0 Å². The number of aryl methyl sites for hydroxylation is 2. The van der Waals surface area contributed by atoms with Gasteiger partial charge in [0.2, 0.25) is 0 Å². The minimum atomic E-state index is -4.53. The third-order valence-electron chi connectivity index (χ3n) is 6.92. The lowest BCUT2D eigenvalue weighted by atomic mass is 10.1. The number of likely N-dealkylation sites (tertiary alicyclic amines) is 1. The van der Waals surface area contributed by atoms with Crippen LogP contribution in [0.5, 0.6) is 0 Å². The second kappa shape index (κ2) is 7.56. The Balaban J connectivity index is 1.29. The Morgan fingerprint density at radius 3 is 2.60 bits per heavy atom. The topological polar surface area (TPSA) is 55.4 Å². The summed E-state index contributed by atoms with van der Waals surface area (Å²) in [4.78, 5) is 19.3. The number of rotatable bonds is 2. The van der Waals surface area contributed by atoms with E-state index in [1.54, 1.807) is 11.0 Å². The fourth-order valence-electron chi connectivity index (χ4n) is 5.19. The molecular weight excluding hydrogens is 455 g/mol. The van der Waals surface area contributed by atoms with Crippen molar-refractivity contribution in [2.45, 2.75) is 25.4 Å². The van der Waals surface area contributed by atoms with Crippen molar-refractivity contribution in [3.8, 4) is 0 Å². The number of para-hydroxylation sites is 1. The number of alkyl halides is 3. The standard InChI is InChI=1S/C26H22F3N5O/c1-15-11-23(26(27,28)29)34-24(30-15)13-20(31-34)17-9-10-33(14-17)25(35)16-7-8-22-19(12-16)18-5-3-4-6-21(18)32(22)2/h3-8,11-13,17H,9-10,14H2,1-2H3/t17-/m0/s1. The molecule has 1 fully saturated rings.